The van der Waals surface area contributed by atoms with Gasteiger partial charge in [-0.05, 0) is 27.9 Å². The molecule has 0 saturated carbocycles. The molecular formula is C13H21N3O2S. The molecular weight excluding hydrogens is 262 g/mol. The molecule has 0 aromatic carbocycles. The Morgan fingerprint density at radius 3 is 2.79 bits per heavy atom. The van der Waals surface area contributed by atoms with Gasteiger partial charge in [-0.2, -0.15) is 0 Å². The van der Waals surface area contributed by atoms with Crippen molar-refractivity contribution in [2.45, 2.75) is 25.3 Å². The van der Waals surface area contributed by atoms with Crippen LogP contribution in [-0.4, -0.2) is 59.6 Å². The molecule has 0 spiro atoms. The normalized spacial score (nSPS) is 22.6. The number of hydrogen-bond donors (Lipinski definition) is 1. The minimum absolute atomic E-state index is 0.266. The zero-order valence-corrected chi connectivity index (χ0v) is 12.7. The summed E-state index contributed by atoms with van der Waals surface area (Å²) in [6, 6.07) is 0.266. The first-order valence-electron chi connectivity index (χ1n) is 6.40. The summed E-state index contributed by atoms with van der Waals surface area (Å²) >= 11 is 1.56. The van der Waals surface area contributed by atoms with E-state index in [9.17, 15) is 9.90 Å². The van der Waals surface area contributed by atoms with Crippen LogP contribution in [0, 0.1) is 0 Å². The average Bonchev–Trinajstić information content (AvgIpc) is 2.82. The van der Waals surface area contributed by atoms with E-state index in [1.54, 1.807) is 25.2 Å². The van der Waals surface area contributed by atoms with Gasteiger partial charge in [0.1, 0.15) is 10.4 Å². The number of carbonyl (C=O) groups is 1. The lowest BCUT2D eigenvalue weighted by Gasteiger charge is -2.36. The van der Waals surface area contributed by atoms with Crippen molar-refractivity contribution in [1.82, 2.24) is 14.8 Å². The van der Waals surface area contributed by atoms with E-state index in [2.05, 4.69) is 28.9 Å². The Hall–Kier alpha value is -0.980. The summed E-state index contributed by atoms with van der Waals surface area (Å²) in [5, 5.41) is 12.1. The van der Waals surface area contributed by atoms with Crippen molar-refractivity contribution in [2.75, 3.05) is 33.7 Å². The highest BCUT2D eigenvalue weighted by Gasteiger charge is 2.34. The third kappa shape index (κ3) is 2.80. The number of rotatable bonds is 3. The second-order valence-corrected chi connectivity index (χ2v) is 6.65. The predicted molar refractivity (Wildman–Crippen MR) is 75.6 cm³/mol. The lowest BCUT2D eigenvalue weighted by atomic mass is 9.90. The average molecular weight is 283 g/mol. The Balaban J connectivity index is 2.23. The number of aromatic nitrogens is 1. The molecule has 1 aromatic heterocycles. The van der Waals surface area contributed by atoms with Gasteiger partial charge in [0.05, 0.1) is 11.7 Å². The summed E-state index contributed by atoms with van der Waals surface area (Å²) in [4.78, 5) is 20.4. The first-order valence-corrected chi connectivity index (χ1v) is 7.28. The first-order chi connectivity index (χ1) is 8.82. The van der Waals surface area contributed by atoms with E-state index >= 15 is 0 Å². The highest BCUT2D eigenvalue weighted by molar-refractivity contribution is 7.09. The second kappa shape index (κ2) is 5.19. The van der Waals surface area contributed by atoms with Crippen molar-refractivity contribution in [1.29, 1.82) is 0 Å². The molecule has 1 aromatic rings. The van der Waals surface area contributed by atoms with Crippen molar-refractivity contribution in [3.8, 4) is 0 Å². The molecule has 0 aliphatic carbocycles. The summed E-state index contributed by atoms with van der Waals surface area (Å²) in [5.41, 5.74) is -0.268. The van der Waals surface area contributed by atoms with E-state index in [4.69, 9.17) is 0 Å². The van der Waals surface area contributed by atoms with E-state index in [1.807, 2.05) is 5.38 Å². The van der Waals surface area contributed by atoms with Gasteiger partial charge in [0.25, 0.3) is 0 Å². The highest BCUT2D eigenvalue weighted by atomic mass is 32.1. The molecule has 1 aliphatic rings. The molecule has 1 saturated heterocycles. The van der Waals surface area contributed by atoms with Crippen LogP contribution >= 0.6 is 11.3 Å². The summed E-state index contributed by atoms with van der Waals surface area (Å²) in [5.74, 6) is -0.835. The van der Waals surface area contributed by atoms with Gasteiger partial charge >= 0.3 is 5.97 Å². The van der Waals surface area contributed by atoms with E-state index in [0.717, 1.165) is 24.6 Å². The van der Waals surface area contributed by atoms with Crippen LogP contribution in [-0.2, 0) is 10.2 Å². The third-order valence-electron chi connectivity index (χ3n) is 3.83. The summed E-state index contributed by atoms with van der Waals surface area (Å²) in [6.45, 7) is 6.41. The maximum absolute atomic E-state index is 11.3. The smallest absolute Gasteiger partial charge is 0.315 e. The van der Waals surface area contributed by atoms with Gasteiger partial charge in [0.2, 0.25) is 0 Å². The van der Waals surface area contributed by atoms with Crippen LogP contribution in [0.25, 0.3) is 0 Å². The first kappa shape index (κ1) is 14.4. The van der Waals surface area contributed by atoms with E-state index < -0.39 is 11.4 Å². The zero-order valence-electron chi connectivity index (χ0n) is 11.9. The monoisotopic (exact) mass is 283 g/mol. The molecule has 0 radical (unpaired) electrons. The minimum atomic E-state index is -0.923. The molecule has 1 atom stereocenters. The maximum Gasteiger partial charge on any atom is 0.315 e. The van der Waals surface area contributed by atoms with Gasteiger partial charge in [-0.25, -0.2) is 4.98 Å². The number of carboxylic acid groups (broad SMARTS) is 1. The summed E-state index contributed by atoms with van der Waals surface area (Å²) in [7, 11) is 4.21. The van der Waals surface area contributed by atoms with Crippen LogP contribution < -0.4 is 0 Å². The van der Waals surface area contributed by atoms with Crippen LogP contribution in [0.3, 0.4) is 0 Å². The zero-order chi connectivity index (χ0) is 14.2. The molecule has 6 heteroatoms. The topological polar surface area (TPSA) is 56.7 Å². The lowest BCUT2D eigenvalue weighted by molar-refractivity contribution is -0.142. The number of carboxylic acids is 1. The number of piperazine rings is 1. The van der Waals surface area contributed by atoms with Crippen LogP contribution in [0.1, 0.15) is 30.6 Å². The molecule has 1 fully saturated rings. The Kier molecular flexibility index (Phi) is 3.94. The van der Waals surface area contributed by atoms with Crippen molar-refractivity contribution < 1.29 is 9.90 Å². The van der Waals surface area contributed by atoms with Crippen LogP contribution in [0.4, 0.5) is 0 Å². The van der Waals surface area contributed by atoms with Crippen molar-refractivity contribution in [3.63, 3.8) is 0 Å². The maximum atomic E-state index is 11.3. The Labute approximate surface area is 117 Å². The standard InChI is InChI=1S/C13H21N3O2S/c1-13(2,12(17)18)10-8-19-11(14-10)9-7-15(3)5-6-16(9)4/h8-9H,5-7H2,1-4H3,(H,17,18). The largest absolute Gasteiger partial charge is 0.481 e. The van der Waals surface area contributed by atoms with E-state index in [1.165, 1.54) is 0 Å². The Morgan fingerprint density at radius 2 is 2.16 bits per heavy atom. The fourth-order valence-electron chi connectivity index (χ4n) is 2.11. The van der Waals surface area contributed by atoms with Gasteiger partial charge in [0, 0.05) is 25.0 Å². The molecule has 0 bridgehead atoms. The van der Waals surface area contributed by atoms with Crippen LogP contribution in [0.2, 0.25) is 0 Å². The fourth-order valence-corrected chi connectivity index (χ4v) is 3.26. The van der Waals surface area contributed by atoms with Gasteiger partial charge in [0.15, 0.2) is 0 Å². The van der Waals surface area contributed by atoms with Crippen LogP contribution in [0.15, 0.2) is 5.38 Å². The molecule has 1 aliphatic heterocycles. The number of likely N-dealkylation sites (N-methyl/N-ethyl adjacent to an activating group) is 2. The third-order valence-corrected chi connectivity index (χ3v) is 4.78. The fraction of sp³-hybridized carbons (Fsp3) is 0.692. The van der Waals surface area contributed by atoms with E-state index in [-0.39, 0.29) is 6.04 Å². The number of thiazole rings is 1. The molecule has 5 nitrogen and oxygen atoms in total. The van der Waals surface area contributed by atoms with Crippen molar-refractivity contribution >= 4 is 17.3 Å². The Bertz CT molecular complexity index is 472. The number of aliphatic carboxylic acids is 1. The van der Waals surface area contributed by atoms with Gasteiger partial charge in [-0.15, -0.1) is 11.3 Å². The molecule has 106 valence electrons. The van der Waals surface area contributed by atoms with Gasteiger partial charge in [-0.1, -0.05) is 0 Å². The van der Waals surface area contributed by atoms with Crippen LogP contribution in [0.5, 0.6) is 0 Å². The van der Waals surface area contributed by atoms with Gasteiger partial charge < -0.3 is 10.0 Å². The quantitative estimate of drug-likeness (QED) is 0.909. The second-order valence-electron chi connectivity index (χ2n) is 5.76. The lowest BCUT2D eigenvalue weighted by Crippen LogP contribution is -2.44. The molecule has 0 amide bonds. The predicted octanol–water partition coefficient (Wildman–Crippen LogP) is 1.42. The summed E-state index contributed by atoms with van der Waals surface area (Å²) in [6.07, 6.45) is 0. The molecule has 2 rings (SSSR count). The SMILES string of the molecule is CN1CCN(C)C(c2nc(C(C)(C)C(=O)O)cs2)C1. The number of hydrogen-bond acceptors (Lipinski definition) is 5. The molecule has 1 unspecified atom stereocenters. The minimum Gasteiger partial charge on any atom is -0.481 e. The molecule has 19 heavy (non-hydrogen) atoms. The highest BCUT2D eigenvalue weighted by Crippen LogP contribution is 2.31. The molecule has 2 heterocycles. The van der Waals surface area contributed by atoms with Crippen molar-refractivity contribution in [2.24, 2.45) is 0 Å². The number of nitrogens with zero attached hydrogens (tertiary/aromatic N) is 3. The van der Waals surface area contributed by atoms with Crippen molar-refractivity contribution in [3.05, 3.63) is 16.1 Å². The molecule has 1 N–H and O–H groups in total. The summed E-state index contributed by atoms with van der Waals surface area (Å²) < 4.78 is 0. The van der Waals surface area contributed by atoms with Gasteiger partial charge in [-0.3, -0.25) is 9.69 Å². The Morgan fingerprint density at radius 1 is 1.47 bits per heavy atom. The van der Waals surface area contributed by atoms with E-state index in [0.29, 0.717) is 5.69 Å².